The Balaban J connectivity index is 3.30. The second-order valence-electron chi connectivity index (χ2n) is 3.06. The predicted octanol–water partition coefficient (Wildman–Crippen LogP) is 2.77. The zero-order valence-corrected chi connectivity index (χ0v) is 9.49. The zero-order chi connectivity index (χ0) is 13.3. The number of aliphatic carboxylic acids is 1. The van der Waals surface area contributed by atoms with E-state index in [-0.39, 0.29) is 0 Å². The van der Waals surface area contributed by atoms with Crippen LogP contribution in [-0.2, 0) is 11.2 Å². The van der Waals surface area contributed by atoms with Crippen LogP contribution in [0.1, 0.15) is 5.56 Å². The van der Waals surface area contributed by atoms with Crippen LogP contribution in [0.25, 0.3) is 0 Å². The van der Waals surface area contributed by atoms with E-state index in [1.807, 2.05) is 0 Å². The highest BCUT2D eigenvalue weighted by molar-refractivity contribution is 9.10. The number of hydrogen-bond donors (Lipinski definition) is 1. The van der Waals surface area contributed by atoms with Gasteiger partial charge in [0, 0.05) is 12.0 Å². The van der Waals surface area contributed by atoms with Crippen molar-refractivity contribution in [1.82, 2.24) is 0 Å². The van der Waals surface area contributed by atoms with Gasteiger partial charge in [-0.1, -0.05) is 15.9 Å². The van der Waals surface area contributed by atoms with E-state index in [2.05, 4.69) is 15.9 Å². The highest BCUT2D eigenvalue weighted by Crippen LogP contribution is 2.25. The molecule has 2 nitrogen and oxygen atoms in total. The van der Waals surface area contributed by atoms with Crippen molar-refractivity contribution in [2.75, 3.05) is 0 Å². The number of alkyl halides is 1. The Labute approximate surface area is 100 Å². The first-order valence-electron chi connectivity index (χ1n) is 4.14. The van der Waals surface area contributed by atoms with Crippen molar-refractivity contribution in [1.29, 1.82) is 0 Å². The zero-order valence-electron chi connectivity index (χ0n) is 7.91. The van der Waals surface area contributed by atoms with Gasteiger partial charge in [-0.3, -0.25) is 4.79 Å². The molecule has 94 valence electrons. The normalized spacial score (nSPS) is 12.6. The molecule has 0 amide bonds. The van der Waals surface area contributed by atoms with Crippen LogP contribution in [0, 0.1) is 29.1 Å². The highest BCUT2D eigenvalue weighted by atomic mass is 79.9. The molecule has 0 radical (unpaired) electrons. The maximum atomic E-state index is 13.1. The van der Waals surface area contributed by atoms with Crippen LogP contribution in [0.3, 0.4) is 0 Å². The minimum atomic E-state index is -2.27. The smallest absolute Gasteiger partial charge is 0.317 e. The first kappa shape index (κ1) is 13.9. The molecule has 0 aliphatic heterocycles. The largest absolute Gasteiger partial charge is 0.480 e. The van der Waals surface area contributed by atoms with Crippen LogP contribution < -0.4 is 0 Å². The highest BCUT2D eigenvalue weighted by Gasteiger charge is 2.28. The third-order valence-electron chi connectivity index (χ3n) is 1.95. The quantitative estimate of drug-likeness (QED) is 0.403. The topological polar surface area (TPSA) is 37.3 Å². The fourth-order valence-corrected chi connectivity index (χ4v) is 1.42. The van der Waals surface area contributed by atoms with Gasteiger partial charge in [-0.25, -0.2) is 22.0 Å². The Morgan fingerprint density at radius 2 is 1.35 bits per heavy atom. The van der Waals surface area contributed by atoms with Crippen LogP contribution in [0.5, 0.6) is 0 Å². The number of hydrogen-bond acceptors (Lipinski definition) is 1. The molecule has 0 aliphatic rings. The predicted molar refractivity (Wildman–Crippen MR) is 50.3 cm³/mol. The van der Waals surface area contributed by atoms with Gasteiger partial charge in [0.05, 0.1) is 0 Å². The van der Waals surface area contributed by atoms with Crippen molar-refractivity contribution in [3.8, 4) is 0 Å². The SMILES string of the molecule is O=C(O)C(Br)Cc1c(F)c(F)c(F)c(F)c1F. The van der Waals surface area contributed by atoms with Gasteiger partial charge in [0.2, 0.25) is 5.82 Å². The molecule has 1 unspecified atom stereocenters. The molecule has 17 heavy (non-hydrogen) atoms. The summed E-state index contributed by atoms with van der Waals surface area (Å²) < 4.78 is 64.3. The molecule has 0 aromatic heterocycles. The summed E-state index contributed by atoms with van der Waals surface area (Å²) >= 11 is 2.54. The molecular weight excluding hydrogens is 315 g/mol. The van der Waals surface area contributed by atoms with E-state index in [0.29, 0.717) is 0 Å². The van der Waals surface area contributed by atoms with E-state index in [0.717, 1.165) is 0 Å². The third kappa shape index (κ3) is 2.56. The molecule has 1 rings (SSSR count). The maximum absolute atomic E-state index is 13.1. The van der Waals surface area contributed by atoms with Gasteiger partial charge in [-0.15, -0.1) is 0 Å². The van der Waals surface area contributed by atoms with E-state index in [9.17, 15) is 26.7 Å². The summed E-state index contributed by atoms with van der Waals surface area (Å²) in [6.45, 7) is 0. The molecule has 0 saturated heterocycles. The molecule has 0 aliphatic carbocycles. The van der Waals surface area contributed by atoms with Crippen molar-refractivity contribution in [2.24, 2.45) is 0 Å². The van der Waals surface area contributed by atoms with E-state index in [4.69, 9.17) is 5.11 Å². The van der Waals surface area contributed by atoms with Crippen LogP contribution >= 0.6 is 15.9 Å². The Hall–Kier alpha value is -1.18. The lowest BCUT2D eigenvalue weighted by Crippen LogP contribution is -2.19. The van der Waals surface area contributed by atoms with Gasteiger partial charge in [0.15, 0.2) is 23.3 Å². The summed E-state index contributed by atoms with van der Waals surface area (Å²) in [5.41, 5.74) is -1.16. The molecular formula is C9H4BrF5O2. The Bertz CT molecular complexity index is 448. The number of benzene rings is 1. The first-order valence-corrected chi connectivity index (χ1v) is 5.06. The molecule has 0 heterocycles. The lowest BCUT2D eigenvalue weighted by atomic mass is 10.1. The average Bonchev–Trinajstić information content (AvgIpc) is 2.29. The van der Waals surface area contributed by atoms with E-state index < -0.39 is 51.9 Å². The summed E-state index contributed by atoms with van der Waals surface area (Å²) in [7, 11) is 0. The van der Waals surface area contributed by atoms with Crippen molar-refractivity contribution in [3.05, 3.63) is 34.6 Å². The van der Waals surface area contributed by atoms with E-state index >= 15 is 0 Å². The minimum absolute atomic E-state index is 0.860. The Morgan fingerprint density at radius 1 is 1.00 bits per heavy atom. The van der Waals surface area contributed by atoms with Crippen LogP contribution in [0.4, 0.5) is 22.0 Å². The summed E-state index contributed by atoms with van der Waals surface area (Å²) in [6.07, 6.45) is -0.860. The number of carboxylic acid groups (broad SMARTS) is 1. The van der Waals surface area contributed by atoms with E-state index in [1.54, 1.807) is 0 Å². The Morgan fingerprint density at radius 3 is 1.71 bits per heavy atom. The molecule has 8 heteroatoms. The van der Waals surface area contributed by atoms with Crippen LogP contribution in [-0.4, -0.2) is 15.9 Å². The van der Waals surface area contributed by atoms with Gasteiger partial charge >= 0.3 is 5.97 Å². The molecule has 0 saturated carbocycles. The van der Waals surface area contributed by atoms with Gasteiger partial charge in [-0.2, -0.15) is 0 Å². The molecule has 0 bridgehead atoms. The standard InChI is InChI=1S/C9H4BrF5O2/c10-3(9(16)17)1-2-4(11)6(13)8(15)7(14)5(2)12/h3H,1H2,(H,16,17). The summed E-state index contributed by atoms with van der Waals surface area (Å²) in [5, 5.41) is 8.46. The average molecular weight is 319 g/mol. The second-order valence-corrected chi connectivity index (χ2v) is 4.16. The summed E-state index contributed by atoms with van der Waals surface area (Å²) in [4.78, 5) is 8.96. The number of carbonyl (C=O) groups is 1. The second kappa shape index (κ2) is 4.99. The third-order valence-corrected chi connectivity index (χ3v) is 2.67. The molecule has 1 N–H and O–H groups in total. The number of carboxylic acids is 1. The monoisotopic (exact) mass is 318 g/mol. The van der Waals surface area contributed by atoms with Crippen molar-refractivity contribution < 1.29 is 31.9 Å². The Kier molecular flexibility index (Phi) is 4.07. The molecule has 1 atom stereocenters. The fraction of sp³-hybridized carbons (Fsp3) is 0.222. The number of halogens is 6. The van der Waals surface area contributed by atoms with Gasteiger partial charge in [0.1, 0.15) is 4.83 Å². The van der Waals surface area contributed by atoms with Crippen molar-refractivity contribution in [3.63, 3.8) is 0 Å². The van der Waals surface area contributed by atoms with Crippen molar-refractivity contribution >= 4 is 21.9 Å². The molecule has 0 fully saturated rings. The van der Waals surface area contributed by atoms with Crippen molar-refractivity contribution in [2.45, 2.75) is 11.2 Å². The van der Waals surface area contributed by atoms with Crippen LogP contribution in [0.2, 0.25) is 0 Å². The molecule has 1 aromatic rings. The maximum Gasteiger partial charge on any atom is 0.317 e. The van der Waals surface area contributed by atoms with Gasteiger partial charge < -0.3 is 5.11 Å². The molecule has 1 aromatic carbocycles. The van der Waals surface area contributed by atoms with Gasteiger partial charge in [-0.05, 0) is 0 Å². The lowest BCUT2D eigenvalue weighted by Gasteiger charge is -2.09. The van der Waals surface area contributed by atoms with Crippen LogP contribution in [0.15, 0.2) is 0 Å². The van der Waals surface area contributed by atoms with E-state index in [1.165, 1.54) is 0 Å². The summed E-state index contributed by atoms with van der Waals surface area (Å²) in [6, 6.07) is 0. The lowest BCUT2D eigenvalue weighted by molar-refractivity contribution is -0.136. The van der Waals surface area contributed by atoms with Gasteiger partial charge in [0.25, 0.3) is 0 Å². The molecule has 0 spiro atoms. The minimum Gasteiger partial charge on any atom is -0.480 e. The number of rotatable bonds is 3. The summed E-state index contributed by atoms with van der Waals surface area (Å²) in [5.74, 6) is -12.0. The first-order chi connectivity index (χ1) is 7.77. The fourth-order valence-electron chi connectivity index (χ4n) is 1.10.